The van der Waals surface area contributed by atoms with Crippen LogP contribution in [0.25, 0.3) is 10.8 Å². The van der Waals surface area contributed by atoms with Crippen LogP contribution in [0.5, 0.6) is 11.8 Å². The molecule has 0 saturated heterocycles. The molecule has 98 valence electrons. The number of aromatic hydroxyl groups is 1. The van der Waals surface area contributed by atoms with Gasteiger partial charge in [-0.3, -0.25) is 0 Å². The van der Waals surface area contributed by atoms with Gasteiger partial charge in [-0.05, 0) is 23.6 Å². The van der Waals surface area contributed by atoms with Crippen LogP contribution >= 0.6 is 0 Å². The maximum absolute atomic E-state index is 12.0. The van der Waals surface area contributed by atoms with Gasteiger partial charge in [0.1, 0.15) is 0 Å². The third-order valence-electron chi connectivity index (χ3n) is 2.89. The number of ether oxygens (including phenoxy) is 1. The first kappa shape index (κ1) is 12.2. The van der Waals surface area contributed by atoms with Crippen LogP contribution in [-0.4, -0.2) is 16.1 Å². The van der Waals surface area contributed by atoms with Crippen LogP contribution < -0.4 is 4.74 Å². The molecule has 3 rings (SSSR count). The first-order valence-electron chi connectivity index (χ1n) is 6.10. The summed E-state index contributed by atoms with van der Waals surface area (Å²) < 4.78 is 5.28. The summed E-state index contributed by atoms with van der Waals surface area (Å²) in [6, 6.07) is 17.4. The first-order valence-corrected chi connectivity index (χ1v) is 6.10. The molecular weight excluding hydrogens is 254 g/mol. The minimum absolute atomic E-state index is 0.106. The molecule has 0 amide bonds. The van der Waals surface area contributed by atoms with E-state index in [4.69, 9.17) is 4.74 Å². The molecule has 0 aliphatic carbocycles. The summed E-state index contributed by atoms with van der Waals surface area (Å²) in [4.78, 5) is 15.9. The molecule has 0 fully saturated rings. The van der Waals surface area contributed by atoms with E-state index in [1.54, 1.807) is 30.3 Å². The fourth-order valence-corrected chi connectivity index (χ4v) is 1.95. The molecule has 0 saturated carbocycles. The van der Waals surface area contributed by atoms with Crippen LogP contribution in [-0.2, 0) is 0 Å². The monoisotopic (exact) mass is 265 g/mol. The van der Waals surface area contributed by atoms with Crippen molar-refractivity contribution in [3.05, 3.63) is 66.2 Å². The summed E-state index contributed by atoms with van der Waals surface area (Å²) >= 11 is 0. The van der Waals surface area contributed by atoms with Crippen molar-refractivity contribution in [2.45, 2.75) is 0 Å². The number of rotatable bonds is 2. The van der Waals surface area contributed by atoms with E-state index in [1.807, 2.05) is 24.3 Å². The summed E-state index contributed by atoms with van der Waals surface area (Å²) in [5.41, 5.74) is 0.432. The van der Waals surface area contributed by atoms with Gasteiger partial charge in [0.2, 0.25) is 11.8 Å². The number of hydrogen-bond acceptors (Lipinski definition) is 4. The molecule has 1 aromatic heterocycles. The molecule has 2 aromatic carbocycles. The van der Waals surface area contributed by atoms with Crippen molar-refractivity contribution >= 4 is 16.7 Å². The van der Waals surface area contributed by atoms with Crippen LogP contribution in [0, 0.1) is 0 Å². The van der Waals surface area contributed by atoms with E-state index in [2.05, 4.69) is 4.98 Å². The molecule has 1 heterocycles. The molecule has 3 aromatic rings. The number of nitrogens with zero attached hydrogens (tertiary/aromatic N) is 1. The van der Waals surface area contributed by atoms with E-state index in [9.17, 15) is 9.90 Å². The van der Waals surface area contributed by atoms with Crippen LogP contribution in [0.1, 0.15) is 10.4 Å². The highest BCUT2D eigenvalue weighted by Gasteiger charge is 2.12. The zero-order valence-electron chi connectivity index (χ0n) is 10.5. The lowest BCUT2D eigenvalue weighted by Crippen LogP contribution is -2.09. The summed E-state index contributed by atoms with van der Waals surface area (Å²) in [7, 11) is 0. The highest BCUT2D eigenvalue weighted by Crippen LogP contribution is 2.27. The SMILES string of the molecule is O=C(Oc1nc(O)cc2ccccc12)c1ccccc1. The Morgan fingerprint density at radius 1 is 1.00 bits per heavy atom. The molecule has 0 bridgehead atoms. The number of carbonyl (C=O) groups is 1. The average molecular weight is 265 g/mol. The fraction of sp³-hybridized carbons (Fsp3) is 0. The minimum Gasteiger partial charge on any atom is -0.493 e. The van der Waals surface area contributed by atoms with Gasteiger partial charge < -0.3 is 9.84 Å². The minimum atomic E-state index is -0.506. The van der Waals surface area contributed by atoms with Crippen molar-refractivity contribution in [3.8, 4) is 11.8 Å². The molecule has 20 heavy (non-hydrogen) atoms. The third-order valence-corrected chi connectivity index (χ3v) is 2.89. The van der Waals surface area contributed by atoms with Crippen molar-refractivity contribution in [1.82, 2.24) is 4.98 Å². The van der Waals surface area contributed by atoms with Gasteiger partial charge in [-0.25, -0.2) is 4.79 Å². The Kier molecular flexibility index (Phi) is 3.05. The van der Waals surface area contributed by atoms with Gasteiger partial charge in [-0.15, -0.1) is 0 Å². The normalized spacial score (nSPS) is 10.4. The van der Waals surface area contributed by atoms with Gasteiger partial charge in [0.05, 0.1) is 5.56 Å². The third kappa shape index (κ3) is 2.31. The predicted octanol–water partition coefficient (Wildman–Crippen LogP) is 3.16. The van der Waals surface area contributed by atoms with E-state index in [0.717, 1.165) is 5.39 Å². The Balaban J connectivity index is 2.01. The van der Waals surface area contributed by atoms with Gasteiger partial charge in [-0.1, -0.05) is 36.4 Å². The lowest BCUT2D eigenvalue weighted by molar-refractivity contribution is 0.0729. The maximum atomic E-state index is 12.0. The average Bonchev–Trinajstić information content (AvgIpc) is 2.48. The summed E-state index contributed by atoms with van der Waals surface area (Å²) in [5, 5.41) is 11.0. The van der Waals surface area contributed by atoms with E-state index in [-0.39, 0.29) is 11.8 Å². The Labute approximate surface area is 115 Å². The molecule has 0 aliphatic heterocycles. The number of carbonyl (C=O) groups excluding carboxylic acids is 1. The number of hydrogen-bond donors (Lipinski definition) is 1. The summed E-state index contributed by atoms with van der Waals surface area (Å²) in [6.07, 6.45) is 0. The van der Waals surface area contributed by atoms with Gasteiger partial charge in [-0.2, -0.15) is 4.98 Å². The van der Waals surface area contributed by atoms with E-state index in [0.29, 0.717) is 10.9 Å². The van der Waals surface area contributed by atoms with Crippen LogP contribution in [0.2, 0.25) is 0 Å². The molecule has 1 N–H and O–H groups in total. The second kappa shape index (κ2) is 5.01. The first-order chi connectivity index (χ1) is 9.74. The molecule has 4 nitrogen and oxygen atoms in total. The van der Waals surface area contributed by atoms with Crippen LogP contribution in [0.15, 0.2) is 60.7 Å². The number of benzene rings is 2. The quantitative estimate of drug-likeness (QED) is 0.723. The zero-order valence-corrected chi connectivity index (χ0v) is 10.5. The Morgan fingerprint density at radius 2 is 1.70 bits per heavy atom. The van der Waals surface area contributed by atoms with Gasteiger partial charge in [0.25, 0.3) is 0 Å². The van der Waals surface area contributed by atoms with E-state index >= 15 is 0 Å². The van der Waals surface area contributed by atoms with Gasteiger partial charge in [0.15, 0.2) is 0 Å². The van der Waals surface area contributed by atoms with Crippen LogP contribution in [0.3, 0.4) is 0 Å². The zero-order chi connectivity index (χ0) is 13.9. The predicted molar refractivity (Wildman–Crippen MR) is 74.8 cm³/mol. The standard InChI is InChI=1S/C16H11NO3/c18-14-10-12-8-4-5-9-13(12)15(17-14)20-16(19)11-6-2-1-3-7-11/h1-10H,(H,17,18). The molecule has 0 atom stereocenters. The van der Waals surface area contributed by atoms with E-state index in [1.165, 1.54) is 6.07 Å². The second-order valence-corrected chi connectivity index (χ2v) is 4.26. The Morgan fingerprint density at radius 3 is 2.50 bits per heavy atom. The topological polar surface area (TPSA) is 59.4 Å². The fourth-order valence-electron chi connectivity index (χ4n) is 1.95. The molecule has 0 aliphatic rings. The molecule has 0 radical (unpaired) electrons. The van der Waals surface area contributed by atoms with Crippen LogP contribution in [0.4, 0.5) is 0 Å². The lowest BCUT2D eigenvalue weighted by Gasteiger charge is -2.07. The smallest absolute Gasteiger partial charge is 0.344 e. The highest BCUT2D eigenvalue weighted by atomic mass is 16.5. The van der Waals surface area contributed by atoms with Crippen molar-refractivity contribution in [3.63, 3.8) is 0 Å². The Bertz CT molecular complexity index is 769. The molecular formula is C16H11NO3. The summed E-state index contributed by atoms with van der Waals surface area (Å²) in [5.74, 6) is -0.581. The number of fused-ring (bicyclic) bond motifs is 1. The lowest BCUT2D eigenvalue weighted by atomic mass is 10.2. The second-order valence-electron chi connectivity index (χ2n) is 4.26. The van der Waals surface area contributed by atoms with Crippen molar-refractivity contribution in [2.24, 2.45) is 0 Å². The van der Waals surface area contributed by atoms with E-state index < -0.39 is 5.97 Å². The maximum Gasteiger partial charge on any atom is 0.344 e. The van der Waals surface area contributed by atoms with Crippen molar-refractivity contribution in [2.75, 3.05) is 0 Å². The highest BCUT2D eigenvalue weighted by molar-refractivity contribution is 5.94. The summed E-state index contributed by atoms with van der Waals surface area (Å²) in [6.45, 7) is 0. The molecule has 4 heteroatoms. The van der Waals surface area contributed by atoms with Crippen molar-refractivity contribution in [1.29, 1.82) is 0 Å². The van der Waals surface area contributed by atoms with Gasteiger partial charge in [0, 0.05) is 11.5 Å². The number of aromatic nitrogens is 1. The largest absolute Gasteiger partial charge is 0.493 e. The van der Waals surface area contributed by atoms with Crippen molar-refractivity contribution < 1.29 is 14.6 Å². The molecule has 0 spiro atoms. The van der Waals surface area contributed by atoms with Gasteiger partial charge >= 0.3 is 5.97 Å². The number of esters is 1. The molecule has 0 unspecified atom stereocenters. The Hall–Kier alpha value is -2.88. The number of pyridine rings is 1.